The monoisotopic (exact) mass is 1020 g/mol. The molecule has 0 unspecified atom stereocenters. The molecule has 5 N–H and O–H groups in total. The summed E-state index contributed by atoms with van der Waals surface area (Å²) in [6.07, 6.45) is 4.04. The Bertz CT molecular complexity index is 1960. The van der Waals surface area contributed by atoms with Crippen molar-refractivity contribution in [1.82, 2.24) is 0 Å². The first-order valence-corrected chi connectivity index (χ1v) is 28.3. The van der Waals surface area contributed by atoms with E-state index >= 15 is 0 Å². The maximum atomic E-state index is 14.3. The van der Waals surface area contributed by atoms with Gasteiger partial charge in [-0.05, 0) is 70.7 Å². The minimum absolute atomic E-state index is 0.00412. The number of rotatable bonds is 16. The molecule has 0 bridgehead atoms. The zero-order chi connectivity index (χ0) is 55.3. The highest BCUT2D eigenvalue weighted by Crippen LogP contribution is 2.44. The summed E-state index contributed by atoms with van der Waals surface area (Å²) >= 11 is 0. The third-order valence-electron chi connectivity index (χ3n) is 15.2. The minimum atomic E-state index is -2.42. The lowest BCUT2D eigenvalue weighted by Gasteiger charge is -2.50. The van der Waals surface area contributed by atoms with Crippen LogP contribution in [0.3, 0.4) is 0 Å². The molecule has 0 spiro atoms. The molecule has 0 aromatic rings. The average Bonchev–Trinajstić information content (AvgIpc) is 3.30. The Morgan fingerprint density at radius 3 is 2.31 bits per heavy atom. The average molecular weight is 1020 g/mol. The van der Waals surface area contributed by atoms with Crippen LogP contribution in [-0.4, -0.2) is 132 Å². The quantitative estimate of drug-likeness (QED) is 0.0492. The van der Waals surface area contributed by atoms with Gasteiger partial charge in [0.15, 0.2) is 26.5 Å². The Kier molecular flexibility index (Phi) is 22.0. The smallest absolute Gasteiger partial charge is 0.404 e. The molecule has 3 aliphatic heterocycles. The van der Waals surface area contributed by atoms with Crippen molar-refractivity contribution in [3.63, 3.8) is 0 Å². The largest absolute Gasteiger partial charge is 0.490 e. The Balaban J connectivity index is 2.13. The minimum Gasteiger partial charge on any atom is -0.490 e. The topological polar surface area (TPSA) is 221 Å². The van der Waals surface area contributed by atoms with Crippen molar-refractivity contribution >= 4 is 26.3 Å². The van der Waals surface area contributed by atoms with Gasteiger partial charge in [-0.3, -0.25) is 4.79 Å². The first kappa shape index (κ1) is 58.5. The van der Waals surface area contributed by atoms with Gasteiger partial charge in [0.25, 0.3) is 0 Å². The lowest BCUT2D eigenvalue weighted by atomic mass is 9.77. The molecule has 16 nitrogen and oxygen atoms in total. The summed E-state index contributed by atoms with van der Waals surface area (Å²) in [5.41, 5.74) is 7.10. The van der Waals surface area contributed by atoms with E-state index in [1.54, 1.807) is 39.8 Å². The summed E-state index contributed by atoms with van der Waals surface area (Å²) in [6.45, 7) is 30.6. The van der Waals surface area contributed by atoms with Crippen LogP contribution in [0.25, 0.3) is 0 Å². The van der Waals surface area contributed by atoms with Crippen LogP contribution in [0.5, 0.6) is 0 Å². The highest BCUT2D eigenvalue weighted by atomic mass is 28.4. The van der Waals surface area contributed by atoms with Gasteiger partial charge >= 0.3 is 18.0 Å². The van der Waals surface area contributed by atoms with Crippen molar-refractivity contribution < 1.29 is 72.0 Å². The second-order valence-electron chi connectivity index (χ2n) is 21.9. The van der Waals surface area contributed by atoms with E-state index in [9.17, 15) is 19.5 Å². The third-order valence-corrected chi connectivity index (χ3v) is 19.7. The number of hydrogen-bond acceptors (Lipinski definition) is 15. The number of cyclic esters (lactones) is 1. The second kappa shape index (κ2) is 26.7. The number of primary amides is 1. The van der Waals surface area contributed by atoms with Gasteiger partial charge in [0.1, 0.15) is 18.3 Å². The van der Waals surface area contributed by atoms with Crippen molar-refractivity contribution in [2.45, 2.75) is 214 Å². The molecule has 0 saturated carbocycles. The number of aliphatic hydroxyl groups excluding tert-OH is 2. The number of carbonyl (C=O) groups excluding carboxylic acids is 3. The molecule has 71 heavy (non-hydrogen) atoms. The van der Waals surface area contributed by atoms with Crippen LogP contribution >= 0.6 is 0 Å². The highest BCUT2D eigenvalue weighted by Gasteiger charge is 2.53. The maximum Gasteiger partial charge on any atom is 0.404 e. The molecule has 406 valence electrons. The molecule has 3 aliphatic rings. The van der Waals surface area contributed by atoms with Gasteiger partial charge in [-0.25, -0.2) is 9.59 Å². The third kappa shape index (κ3) is 16.6. The number of methoxy groups -OCH3 is 2. The predicted octanol–water partition coefficient (Wildman–Crippen LogP) is 8.58. The van der Waals surface area contributed by atoms with E-state index in [4.69, 9.17) is 61.1 Å². The summed E-state index contributed by atoms with van der Waals surface area (Å²) in [6, 6.07) is 0. The van der Waals surface area contributed by atoms with E-state index in [-0.39, 0.29) is 41.4 Å². The first-order valence-electron chi connectivity index (χ1n) is 26.3. The van der Waals surface area contributed by atoms with Crippen molar-refractivity contribution in [1.29, 1.82) is 2.86 Å². The van der Waals surface area contributed by atoms with Gasteiger partial charge in [-0.2, -0.15) is 0 Å². The standard InChI is InChI=1S/C54H91NO15Si/c1-19-22-40-34(7)44(66-45-28-42(70-71(17,18)53(12,13)14)50(37(10)64-45)68-52(55)60)29-54(61,69-40)36(9)47(58)35(8)49-41(62-15)24-21-23-30(3)25-33(6)48(65-38(11)56)39(20-2)46(57)32(5)26-31(4)27-43(63-16)51(59)67-49/h19,21-24,26-27,32-37,39-42,44-50,57-58,61H,20,25,28-29H2,1-18H3,(H2,55,60)/b22-19+,24-21+,30-23+,31-26+,43-27-/t32-,33-,34-,35+,36+,37-,39-,40-,41+,42-,44-,45+,46-,47-,48-,49-,50-,54-/m1/s1/i58D,61D. The van der Waals surface area contributed by atoms with Crippen molar-refractivity contribution in [2.24, 2.45) is 41.2 Å². The van der Waals surface area contributed by atoms with Crippen molar-refractivity contribution in [3.05, 3.63) is 59.4 Å². The fraction of sp³-hybridized carbons (Fsp3) is 0.759. The van der Waals surface area contributed by atoms with Crippen LogP contribution in [-0.2, 0) is 51.9 Å². The van der Waals surface area contributed by atoms with E-state index in [1.165, 1.54) is 27.2 Å². The van der Waals surface area contributed by atoms with E-state index in [0.29, 0.717) is 18.4 Å². The van der Waals surface area contributed by atoms with Gasteiger partial charge in [-0.15, -0.1) is 0 Å². The molecule has 0 radical (unpaired) electrons. The van der Waals surface area contributed by atoms with Crippen molar-refractivity contribution in [2.75, 3.05) is 14.2 Å². The number of esters is 2. The lowest BCUT2D eigenvalue weighted by molar-refractivity contribution is -0.338. The summed E-state index contributed by atoms with van der Waals surface area (Å²) < 4.78 is 73.6. The van der Waals surface area contributed by atoms with Gasteiger partial charge in [0, 0.05) is 56.5 Å². The number of hydrogen-bond donors (Lipinski definition) is 4. The number of amides is 1. The van der Waals surface area contributed by atoms with Gasteiger partial charge in [-0.1, -0.05) is 110 Å². The zero-order valence-corrected chi connectivity index (χ0v) is 46.9. The van der Waals surface area contributed by atoms with Crippen LogP contribution in [0.15, 0.2) is 59.4 Å². The molecule has 0 aromatic heterocycles. The predicted molar refractivity (Wildman–Crippen MR) is 274 cm³/mol. The highest BCUT2D eigenvalue weighted by molar-refractivity contribution is 6.74. The van der Waals surface area contributed by atoms with Crippen molar-refractivity contribution in [3.8, 4) is 0 Å². The lowest BCUT2D eigenvalue weighted by Crippen LogP contribution is -2.60. The summed E-state index contributed by atoms with van der Waals surface area (Å²) in [4.78, 5) is 38.8. The molecule has 0 aliphatic carbocycles. The van der Waals surface area contributed by atoms with E-state index < -0.39 is 117 Å². The van der Waals surface area contributed by atoms with E-state index in [2.05, 4.69) is 33.9 Å². The maximum absolute atomic E-state index is 14.3. The molecule has 0 aromatic carbocycles. The molecule has 17 heteroatoms. The fourth-order valence-corrected chi connectivity index (χ4v) is 11.3. The summed E-state index contributed by atoms with van der Waals surface area (Å²) in [7, 11) is 0.417. The molecule has 3 rings (SSSR count). The zero-order valence-electron chi connectivity index (χ0n) is 47.9. The number of carbonyl (C=O) groups is 3. The summed E-state index contributed by atoms with van der Waals surface area (Å²) in [5, 5.41) is 22.8. The van der Waals surface area contributed by atoms with Gasteiger partial charge in [0.05, 0.1) is 43.7 Å². The Hall–Kier alpha value is -3.39. The number of allylic oxidation sites excluding steroid dienone is 6. The molecule has 2 saturated heterocycles. The molecular weight excluding hydrogens is 931 g/mol. The van der Waals surface area contributed by atoms with Crippen LogP contribution in [0, 0.1) is 35.5 Å². The molecule has 18 atom stereocenters. The molecule has 2 fully saturated rings. The number of ether oxygens (including phenoxy) is 8. The molecule has 3 heterocycles. The molecule has 1 amide bonds. The fourth-order valence-electron chi connectivity index (χ4n) is 9.93. The summed E-state index contributed by atoms with van der Waals surface area (Å²) in [5.74, 6) is -6.14. The number of aliphatic hydroxyl groups is 3. The Morgan fingerprint density at radius 2 is 1.76 bits per heavy atom. The van der Waals surface area contributed by atoms with E-state index in [0.717, 1.165) is 5.57 Å². The normalized spacial score (nSPS) is 38.7. The van der Waals surface area contributed by atoms with E-state index in [1.807, 2.05) is 65.8 Å². The Morgan fingerprint density at radius 1 is 1.08 bits per heavy atom. The second-order valence-corrected chi connectivity index (χ2v) is 26.6. The van der Waals surface area contributed by atoms with Crippen LogP contribution in [0.4, 0.5) is 4.79 Å². The first-order chi connectivity index (χ1) is 34.0. The van der Waals surface area contributed by atoms with Crippen LogP contribution in [0.2, 0.25) is 18.1 Å². The van der Waals surface area contributed by atoms with Crippen LogP contribution in [0.1, 0.15) is 123 Å². The van der Waals surface area contributed by atoms with Crippen LogP contribution < -0.4 is 5.73 Å². The number of nitrogens with two attached hydrogens (primary N) is 1. The molecular formula is C54H91NO15Si. The SMILES string of the molecule is [2H]O[C@H]([C@H](C)[C@H]1OC(=O)/C(OC)=C/C(C)=C/[C@@H](C)[C@@H](O)[C@@H](CC)[C@H](OC(C)=O)[C@H](C)C/C(C)=C/C=C/[C@@H]1OC)[C@H](C)[C@@]1(O[2H])C[C@@H](O[C@H]2C[C@@H](O[Si](C)(C)C(C)(C)C)[C@H](OC(N)=O)[C@@H](C)O2)[C@H](C)[C@@H](/C=C/C)O1. The van der Waals surface area contributed by atoms with Gasteiger partial charge < -0.3 is 63.4 Å². The Labute approximate surface area is 428 Å². The van der Waals surface area contributed by atoms with Gasteiger partial charge in [0.2, 0.25) is 8.62 Å².